The zero-order chi connectivity index (χ0) is 19.2. The Morgan fingerprint density at radius 3 is 2.70 bits per heavy atom. The van der Waals surface area contributed by atoms with E-state index in [1.54, 1.807) is 4.68 Å². The third-order valence-electron chi connectivity index (χ3n) is 4.60. The third-order valence-corrected chi connectivity index (χ3v) is 5.13. The number of fused-ring (bicyclic) bond motifs is 1. The fourth-order valence-electron chi connectivity index (χ4n) is 3.18. The van der Waals surface area contributed by atoms with Crippen LogP contribution in [0, 0.1) is 0 Å². The lowest BCUT2D eigenvalue weighted by Gasteiger charge is -2.27. The first-order chi connectivity index (χ1) is 13.1. The molecular weight excluding hydrogens is 410 g/mol. The van der Waals surface area contributed by atoms with Gasteiger partial charge >= 0.3 is 5.97 Å². The lowest BCUT2D eigenvalue weighted by Crippen LogP contribution is -2.29. The number of nitrogens with zero attached hydrogens (tertiary/aromatic N) is 4. The number of carbonyl (C=O) groups excluding carboxylic acids is 1. The van der Waals surface area contributed by atoms with Crippen LogP contribution in [0.25, 0.3) is 0 Å². The molecule has 0 amide bonds. The summed E-state index contributed by atoms with van der Waals surface area (Å²) in [5, 5.41) is 14.9. The maximum absolute atomic E-state index is 12.9. The monoisotopic (exact) mass is 433 g/mol. The Morgan fingerprint density at radius 1 is 1.22 bits per heavy atom. The lowest BCUT2D eigenvalue weighted by molar-refractivity contribution is -0.139. The summed E-state index contributed by atoms with van der Waals surface area (Å²) in [4.78, 5) is 12.9. The molecule has 0 aliphatic carbocycles. The van der Waals surface area contributed by atoms with Gasteiger partial charge in [0.1, 0.15) is 6.04 Å². The Balaban J connectivity index is 1.78. The molecule has 0 radical (unpaired) electrons. The summed E-state index contributed by atoms with van der Waals surface area (Å²) in [6.45, 7) is 4.46. The number of aromatic nitrogens is 4. The van der Waals surface area contributed by atoms with Crippen molar-refractivity contribution >= 4 is 27.8 Å². The molecule has 0 saturated heterocycles. The van der Waals surface area contributed by atoms with Crippen molar-refractivity contribution in [2.75, 3.05) is 11.9 Å². The fourth-order valence-corrected chi connectivity index (χ4v) is 3.44. The molecule has 27 heavy (non-hydrogen) atoms. The predicted molar refractivity (Wildman–Crippen MR) is 106 cm³/mol. The third kappa shape index (κ3) is 4.55. The van der Waals surface area contributed by atoms with Crippen molar-refractivity contribution in [2.24, 2.45) is 0 Å². The van der Waals surface area contributed by atoms with Crippen molar-refractivity contribution < 1.29 is 9.53 Å². The molecular formula is C19H24BrN5O2. The van der Waals surface area contributed by atoms with Gasteiger partial charge in [-0.25, -0.2) is 4.79 Å². The standard InChI is InChI=1S/C19H24BrN5O2/c1-3-4-5-6-7-12-27-18(26)16-13(2)21-19-22-23-24-25(19)17(16)14-8-10-15(20)11-9-14/h8-11,17H,3-7,12H2,1-2H3,(H,21,22,24). The van der Waals surface area contributed by atoms with Crippen LogP contribution in [0.3, 0.4) is 0 Å². The van der Waals surface area contributed by atoms with E-state index in [0.717, 1.165) is 22.9 Å². The van der Waals surface area contributed by atoms with Gasteiger partial charge in [-0.2, -0.15) is 4.68 Å². The second-order valence-electron chi connectivity index (χ2n) is 6.61. The molecule has 1 unspecified atom stereocenters. The van der Waals surface area contributed by atoms with Crippen LogP contribution in [0.5, 0.6) is 0 Å². The van der Waals surface area contributed by atoms with Gasteiger partial charge in [-0.1, -0.05) is 65.8 Å². The molecule has 2 aromatic rings. The number of benzene rings is 1. The molecule has 1 aliphatic rings. The normalized spacial score (nSPS) is 16.0. The maximum atomic E-state index is 12.9. The molecule has 0 spiro atoms. The van der Waals surface area contributed by atoms with Gasteiger partial charge in [0.25, 0.3) is 0 Å². The van der Waals surface area contributed by atoms with Gasteiger partial charge in [0.05, 0.1) is 12.2 Å². The summed E-state index contributed by atoms with van der Waals surface area (Å²) >= 11 is 3.45. The van der Waals surface area contributed by atoms with Gasteiger partial charge in [-0.15, -0.1) is 0 Å². The number of allylic oxidation sites excluding steroid dienone is 1. The smallest absolute Gasteiger partial charge is 0.338 e. The van der Waals surface area contributed by atoms with Gasteiger partial charge in [0, 0.05) is 10.2 Å². The lowest BCUT2D eigenvalue weighted by atomic mass is 9.96. The molecule has 7 nitrogen and oxygen atoms in total. The Labute approximate surface area is 167 Å². The van der Waals surface area contributed by atoms with Gasteiger partial charge in [0.15, 0.2) is 0 Å². The highest BCUT2D eigenvalue weighted by Crippen LogP contribution is 2.35. The van der Waals surface area contributed by atoms with Crippen molar-refractivity contribution in [3.8, 4) is 0 Å². The number of ether oxygens (including phenoxy) is 1. The second kappa shape index (κ2) is 9.12. The molecule has 1 N–H and O–H groups in total. The Hall–Kier alpha value is -2.22. The van der Waals surface area contributed by atoms with E-state index in [9.17, 15) is 4.79 Å². The van der Waals surface area contributed by atoms with Crippen LogP contribution < -0.4 is 5.32 Å². The summed E-state index contributed by atoms with van der Waals surface area (Å²) in [5.41, 5.74) is 2.16. The Morgan fingerprint density at radius 2 is 1.96 bits per heavy atom. The average molecular weight is 434 g/mol. The van der Waals surface area contributed by atoms with Crippen molar-refractivity contribution in [1.82, 2.24) is 20.2 Å². The SMILES string of the molecule is CCCCCCCOC(=O)C1=C(C)Nc2nnnn2C1c1ccc(Br)cc1. The van der Waals surface area contributed by atoms with Crippen molar-refractivity contribution in [1.29, 1.82) is 0 Å². The van der Waals surface area contributed by atoms with E-state index in [1.165, 1.54) is 19.3 Å². The molecule has 2 heterocycles. The molecule has 8 heteroatoms. The predicted octanol–water partition coefficient (Wildman–Crippen LogP) is 4.24. The number of anilines is 1. The first-order valence-corrected chi connectivity index (χ1v) is 10.1. The van der Waals surface area contributed by atoms with Crippen LogP contribution in [0.2, 0.25) is 0 Å². The van der Waals surface area contributed by atoms with E-state index in [0.29, 0.717) is 23.8 Å². The van der Waals surface area contributed by atoms with Crippen LogP contribution in [-0.4, -0.2) is 32.8 Å². The Kier molecular flexibility index (Phi) is 6.60. The van der Waals surface area contributed by atoms with E-state index in [1.807, 2.05) is 31.2 Å². The minimum Gasteiger partial charge on any atom is -0.462 e. The molecule has 0 saturated carbocycles. The molecule has 144 valence electrons. The van der Waals surface area contributed by atoms with Crippen molar-refractivity contribution in [3.63, 3.8) is 0 Å². The average Bonchev–Trinajstić information content (AvgIpc) is 3.12. The number of hydrogen-bond donors (Lipinski definition) is 1. The van der Waals surface area contributed by atoms with Gasteiger partial charge < -0.3 is 10.1 Å². The highest BCUT2D eigenvalue weighted by molar-refractivity contribution is 9.10. The minimum atomic E-state index is -0.419. The maximum Gasteiger partial charge on any atom is 0.338 e. The number of halogens is 1. The van der Waals surface area contributed by atoms with E-state index in [4.69, 9.17) is 4.74 Å². The zero-order valence-corrected chi connectivity index (χ0v) is 17.2. The largest absolute Gasteiger partial charge is 0.462 e. The van der Waals surface area contributed by atoms with Gasteiger partial charge in [-0.3, -0.25) is 0 Å². The van der Waals surface area contributed by atoms with Crippen molar-refractivity contribution in [3.05, 3.63) is 45.6 Å². The number of carbonyl (C=O) groups is 1. The zero-order valence-electron chi connectivity index (χ0n) is 15.6. The summed E-state index contributed by atoms with van der Waals surface area (Å²) in [6.07, 6.45) is 5.54. The van der Waals surface area contributed by atoms with E-state index in [2.05, 4.69) is 43.7 Å². The number of esters is 1. The van der Waals surface area contributed by atoms with E-state index in [-0.39, 0.29) is 5.97 Å². The first kappa shape index (κ1) is 19.5. The van der Waals surface area contributed by atoms with Crippen LogP contribution in [0.4, 0.5) is 5.95 Å². The highest BCUT2D eigenvalue weighted by Gasteiger charge is 2.34. The first-order valence-electron chi connectivity index (χ1n) is 9.30. The number of tetrazole rings is 1. The van der Waals surface area contributed by atoms with Crippen LogP contribution >= 0.6 is 15.9 Å². The quantitative estimate of drug-likeness (QED) is 0.495. The molecule has 1 aliphatic heterocycles. The highest BCUT2D eigenvalue weighted by atomic mass is 79.9. The number of unbranched alkanes of at least 4 members (excludes halogenated alkanes) is 4. The summed E-state index contributed by atoms with van der Waals surface area (Å²) in [5.74, 6) is 0.182. The second-order valence-corrected chi connectivity index (χ2v) is 7.53. The topological polar surface area (TPSA) is 81.9 Å². The number of nitrogens with one attached hydrogen (secondary N) is 1. The summed E-state index contributed by atoms with van der Waals surface area (Å²) < 4.78 is 8.16. The number of hydrogen-bond acceptors (Lipinski definition) is 6. The molecule has 0 bridgehead atoms. The van der Waals surface area contributed by atoms with Crippen molar-refractivity contribution in [2.45, 2.75) is 52.0 Å². The van der Waals surface area contributed by atoms with Gasteiger partial charge in [-0.05, 0) is 41.5 Å². The molecule has 0 fully saturated rings. The summed E-state index contributed by atoms with van der Waals surface area (Å²) in [6, 6.07) is 7.37. The Bertz CT molecular complexity index is 816. The van der Waals surface area contributed by atoms with Gasteiger partial charge in [0.2, 0.25) is 5.95 Å². The molecule has 1 atom stereocenters. The minimum absolute atomic E-state index is 0.329. The van der Waals surface area contributed by atoms with E-state index >= 15 is 0 Å². The van der Waals surface area contributed by atoms with Crippen LogP contribution in [0.15, 0.2) is 40.0 Å². The molecule has 1 aromatic heterocycles. The molecule has 3 rings (SSSR count). The van der Waals surface area contributed by atoms with E-state index < -0.39 is 6.04 Å². The van der Waals surface area contributed by atoms with Crippen LogP contribution in [0.1, 0.15) is 57.6 Å². The molecule has 1 aromatic carbocycles. The fraction of sp³-hybridized carbons (Fsp3) is 0.474. The summed E-state index contributed by atoms with van der Waals surface area (Å²) in [7, 11) is 0. The van der Waals surface area contributed by atoms with Crippen LogP contribution in [-0.2, 0) is 9.53 Å². The number of rotatable bonds is 8.